The van der Waals surface area contributed by atoms with Crippen LogP contribution in [0.1, 0.15) is 21.5 Å². The average molecular weight is 390 g/mol. The number of amides is 2. The number of carbonyl (C=O) groups is 2. The number of carbonyl (C=O) groups excluding carboxylic acids is 2. The van der Waals surface area contributed by atoms with Crippen LogP contribution in [0.3, 0.4) is 0 Å². The Kier molecular flexibility index (Phi) is 7.79. The number of aryl methyl sites for hydroxylation is 1. The van der Waals surface area contributed by atoms with E-state index in [0.29, 0.717) is 30.9 Å². The number of ether oxygens (including phenoxy) is 1. The monoisotopic (exact) mass is 389 g/mol. The number of halogens is 1. The molecule has 0 aromatic heterocycles. The summed E-state index contributed by atoms with van der Waals surface area (Å²) >= 11 is 0. The quantitative estimate of drug-likeness (QED) is 0.733. The Bertz CT molecular complexity index is 774. The van der Waals surface area contributed by atoms with Crippen molar-refractivity contribution in [3.63, 3.8) is 0 Å². The SMILES string of the molecule is Cc1ccc(C(=O)Nc2cccc(CNC(=O)[C@H]3CNCCO3)c2)cc1.Cl. The van der Waals surface area contributed by atoms with Gasteiger partial charge in [-0.3, -0.25) is 9.59 Å². The molecule has 144 valence electrons. The first-order valence-corrected chi connectivity index (χ1v) is 8.69. The van der Waals surface area contributed by atoms with E-state index in [-0.39, 0.29) is 24.2 Å². The van der Waals surface area contributed by atoms with Gasteiger partial charge in [-0.2, -0.15) is 0 Å². The van der Waals surface area contributed by atoms with Crippen molar-refractivity contribution < 1.29 is 14.3 Å². The maximum Gasteiger partial charge on any atom is 0.255 e. The summed E-state index contributed by atoms with van der Waals surface area (Å²) < 4.78 is 5.43. The van der Waals surface area contributed by atoms with E-state index in [9.17, 15) is 9.59 Å². The largest absolute Gasteiger partial charge is 0.366 e. The van der Waals surface area contributed by atoms with Gasteiger partial charge in [0.05, 0.1) is 6.61 Å². The third-order valence-electron chi connectivity index (χ3n) is 4.19. The van der Waals surface area contributed by atoms with Gasteiger partial charge in [0.15, 0.2) is 0 Å². The fourth-order valence-corrected chi connectivity index (χ4v) is 2.70. The molecule has 1 aliphatic rings. The van der Waals surface area contributed by atoms with Crippen molar-refractivity contribution in [2.24, 2.45) is 0 Å². The molecule has 0 bridgehead atoms. The Labute approximate surface area is 165 Å². The van der Waals surface area contributed by atoms with Gasteiger partial charge < -0.3 is 20.7 Å². The van der Waals surface area contributed by atoms with Crippen molar-refractivity contribution in [3.8, 4) is 0 Å². The molecular weight excluding hydrogens is 366 g/mol. The van der Waals surface area contributed by atoms with Gasteiger partial charge in [0.2, 0.25) is 0 Å². The summed E-state index contributed by atoms with van der Waals surface area (Å²) in [6, 6.07) is 14.8. The molecule has 2 aromatic carbocycles. The van der Waals surface area contributed by atoms with Gasteiger partial charge in [-0.25, -0.2) is 0 Å². The number of rotatable bonds is 5. The molecule has 3 N–H and O–H groups in total. The van der Waals surface area contributed by atoms with Crippen molar-refractivity contribution >= 4 is 29.9 Å². The van der Waals surface area contributed by atoms with Crippen LogP contribution < -0.4 is 16.0 Å². The maximum atomic E-state index is 12.3. The summed E-state index contributed by atoms with van der Waals surface area (Å²) in [6.45, 7) is 4.20. The maximum absolute atomic E-state index is 12.3. The normalized spacial score (nSPS) is 16.1. The number of benzene rings is 2. The first-order valence-electron chi connectivity index (χ1n) is 8.69. The zero-order valence-corrected chi connectivity index (χ0v) is 16.0. The van der Waals surface area contributed by atoms with Crippen LogP contribution in [0.4, 0.5) is 5.69 Å². The summed E-state index contributed by atoms with van der Waals surface area (Å²) in [4.78, 5) is 24.4. The molecular formula is C20H24ClN3O3. The molecule has 6 nitrogen and oxygen atoms in total. The minimum absolute atomic E-state index is 0. The summed E-state index contributed by atoms with van der Waals surface area (Å²) in [7, 11) is 0. The summed E-state index contributed by atoms with van der Waals surface area (Å²) in [5.41, 5.74) is 3.31. The van der Waals surface area contributed by atoms with E-state index in [4.69, 9.17) is 4.74 Å². The number of morpholine rings is 1. The standard InChI is InChI=1S/C20H23N3O3.ClH/c1-14-5-7-16(8-6-14)19(24)23-17-4-2-3-15(11-17)12-22-20(25)18-13-21-9-10-26-18;/h2-8,11,18,21H,9-10,12-13H2,1H3,(H,22,25)(H,23,24);1H/t18-;/m1./s1. The molecule has 1 aliphatic heterocycles. The molecule has 0 spiro atoms. The van der Waals surface area contributed by atoms with E-state index in [1.165, 1.54) is 0 Å². The minimum Gasteiger partial charge on any atom is -0.366 e. The van der Waals surface area contributed by atoms with Gasteiger partial charge in [0, 0.05) is 30.9 Å². The zero-order valence-electron chi connectivity index (χ0n) is 15.2. The Hall–Kier alpha value is -2.41. The van der Waals surface area contributed by atoms with E-state index >= 15 is 0 Å². The first-order chi connectivity index (χ1) is 12.6. The van der Waals surface area contributed by atoms with Crippen LogP contribution in [0.2, 0.25) is 0 Å². The Morgan fingerprint density at radius 3 is 2.67 bits per heavy atom. The minimum atomic E-state index is -0.451. The van der Waals surface area contributed by atoms with Crippen LogP contribution in [0, 0.1) is 6.92 Å². The van der Waals surface area contributed by atoms with Crippen LogP contribution >= 0.6 is 12.4 Å². The third kappa shape index (κ3) is 6.06. The van der Waals surface area contributed by atoms with E-state index in [1.807, 2.05) is 43.3 Å². The molecule has 2 amide bonds. The lowest BCUT2D eigenvalue weighted by Gasteiger charge is -2.22. The van der Waals surface area contributed by atoms with Crippen LogP contribution in [-0.2, 0) is 16.1 Å². The second kappa shape index (κ2) is 10.1. The van der Waals surface area contributed by atoms with Gasteiger partial charge in [0.25, 0.3) is 11.8 Å². The van der Waals surface area contributed by atoms with Crippen molar-refractivity contribution in [2.45, 2.75) is 19.6 Å². The highest BCUT2D eigenvalue weighted by molar-refractivity contribution is 6.04. The smallest absolute Gasteiger partial charge is 0.255 e. The number of anilines is 1. The second-order valence-electron chi connectivity index (χ2n) is 6.30. The lowest BCUT2D eigenvalue weighted by atomic mass is 10.1. The molecule has 0 radical (unpaired) electrons. The van der Waals surface area contributed by atoms with Gasteiger partial charge >= 0.3 is 0 Å². The van der Waals surface area contributed by atoms with Crippen molar-refractivity contribution in [2.75, 3.05) is 25.0 Å². The fourth-order valence-electron chi connectivity index (χ4n) is 2.70. The van der Waals surface area contributed by atoms with E-state index in [2.05, 4.69) is 16.0 Å². The predicted octanol–water partition coefficient (Wildman–Crippen LogP) is 2.27. The van der Waals surface area contributed by atoms with Gasteiger partial charge in [0.1, 0.15) is 6.10 Å². The van der Waals surface area contributed by atoms with E-state index < -0.39 is 6.10 Å². The number of hydrogen-bond donors (Lipinski definition) is 3. The predicted molar refractivity (Wildman–Crippen MR) is 107 cm³/mol. The molecule has 2 aromatic rings. The highest BCUT2D eigenvalue weighted by Crippen LogP contribution is 2.13. The van der Waals surface area contributed by atoms with Crippen LogP contribution in [0.25, 0.3) is 0 Å². The molecule has 27 heavy (non-hydrogen) atoms. The molecule has 1 heterocycles. The highest BCUT2D eigenvalue weighted by atomic mass is 35.5. The fraction of sp³-hybridized carbons (Fsp3) is 0.300. The molecule has 1 atom stereocenters. The Morgan fingerprint density at radius 1 is 1.19 bits per heavy atom. The first kappa shape index (κ1) is 20.9. The molecule has 0 unspecified atom stereocenters. The molecule has 0 saturated carbocycles. The van der Waals surface area contributed by atoms with Crippen molar-refractivity contribution in [1.82, 2.24) is 10.6 Å². The van der Waals surface area contributed by atoms with Crippen LogP contribution in [0.5, 0.6) is 0 Å². The molecule has 0 aliphatic carbocycles. The number of nitrogens with one attached hydrogen (secondary N) is 3. The molecule has 1 fully saturated rings. The topological polar surface area (TPSA) is 79.5 Å². The van der Waals surface area contributed by atoms with Crippen molar-refractivity contribution in [1.29, 1.82) is 0 Å². The van der Waals surface area contributed by atoms with Crippen molar-refractivity contribution in [3.05, 3.63) is 65.2 Å². The van der Waals surface area contributed by atoms with Gasteiger partial charge in [-0.15, -0.1) is 12.4 Å². The summed E-state index contributed by atoms with van der Waals surface area (Å²) in [5, 5.41) is 8.88. The third-order valence-corrected chi connectivity index (χ3v) is 4.19. The Morgan fingerprint density at radius 2 is 1.96 bits per heavy atom. The zero-order chi connectivity index (χ0) is 18.4. The average Bonchev–Trinajstić information content (AvgIpc) is 2.67. The molecule has 7 heteroatoms. The molecule has 1 saturated heterocycles. The van der Waals surface area contributed by atoms with E-state index in [1.54, 1.807) is 12.1 Å². The van der Waals surface area contributed by atoms with Gasteiger partial charge in [-0.05, 0) is 36.8 Å². The number of hydrogen-bond acceptors (Lipinski definition) is 4. The van der Waals surface area contributed by atoms with Crippen LogP contribution in [0.15, 0.2) is 48.5 Å². The lowest BCUT2D eigenvalue weighted by molar-refractivity contribution is -0.134. The van der Waals surface area contributed by atoms with E-state index in [0.717, 1.165) is 17.7 Å². The second-order valence-corrected chi connectivity index (χ2v) is 6.30. The summed E-state index contributed by atoms with van der Waals surface area (Å²) in [6.07, 6.45) is -0.451. The lowest BCUT2D eigenvalue weighted by Crippen LogP contribution is -2.47. The van der Waals surface area contributed by atoms with Gasteiger partial charge in [-0.1, -0.05) is 29.8 Å². The highest BCUT2D eigenvalue weighted by Gasteiger charge is 2.21. The summed E-state index contributed by atoms with van der Waals surface area (Å²) in [5.74, 6) is -0.292. The van der Waals surface area contributed by atoms with Crippen LogP contribution in [-0.4, -0.2) is 37.6 Å². The Balaban J connectivity index is 0.00000261. The molecule has 3 rings (SSSR count).